The number of primary amides is 1. The molecule has 1 unspecified atom stereocenters. The van der Waals surface area contributed by atoms with Crippen molar-refractivity contribution in [1.29, 1.82) is 0 Å². The smallest absolute Gasteiger partial charge is 0.369 e. The Kier molecular flexibility index (Phi) is 6.31. The normalized spacial score (nSPS) is 16.7. The van der Waals surface area contributed by atoms with Gasteiger partial charge in [-0.05, 0) is 35.4 Å². The summed E-state index contributed by atoms with van der Waals surface area (Å²) in [5.74, 6) is -0.913. The Bertz CT molecular complexity index is 1260. The fourth-order valence-electron chi connectivity index (χ4n) is 3.64. The number of nitrogens with zero attached hydrogens (tertiary/aromatic N) is 1. The molecule has 3 rings (SSSR count). The van der Waals surface area contributed by atoms with Crippen LogP contribution >= 0.6 is 0 Å². The molecule has 8 nitrogen and oxygen atoms in total. The van der Waals surface area contributed by atoms with Crippen LogP contribution in [0.2, 0.25) is 0 Å². The number of nitrogens with two attached hydrogens (primary N) is 1. The lowest BCUT2D eigenvalue weighted by Crippen LogP contribution is -2.53. The van der Waals surface area contributed by atoms with E-state index >= 15 is 0 Å². The number of carbonyl (C=O) groups excluding carboxylic acids is 2. The Morgan fingerprint density at radius 1 is 1.03 bits per heavy atom. The number of anilines is 1. The van der Waals surface area contributed by atoms with Gasteiger partial charge in [-0.25, -0.2) is 13.2 Å². The van der Waals surface area contributed by atoms with Gasteiger partial charge in [0.25, 0.3) is 11.5 Å². The summed E-state index contributed by atoms with van der Waals surface area (Å²) in [6.45, 7) is -0.213. The first-order valence-electron chi connectivity index (χ1n) is 9.54. The molecule has 15 heteroatoms. The number of halogens is 6. The van der Waals surface area contributed by atoms with Gasteiger partial charge >= 0.3 is 18.4 Å². The van der Waals surface area contributed by atoms with Gasteiger partial charge < -0.3 is 21.1 Å². The van der Waals surface area contributed by atoms with Gasteiger partial charge in [-0.3, -0.25) is 4.79 Å². The van der Waals surface area contributed by atoms with E-state index < -0.39 is 51.3 Å². The quantitative estimate of drug-likeness (QED) is 0.529. The van der Waals surface area contributed by atoms with Crippen molar-refractivity contribution in [3.05, 3.63) is 59.2 Å². The van der Waals surface area contributed by atoms with Crippen LogP contribution in [-0.4, -0.2) is 49.0 Å². The van der Waals surface area contributed by atoms with Gasteiger partial charge in [-0.2, -0.15) is 26.3 Å². The Morgan fingerprint density at radius 3 is 2.03 bits per heavy atom. The molecule has 1 aliphatic rings. The molecule has 3 amide bonds. The molecule has 0 spiro atoms. The average molecular weight is 525 g/mol. The molecule has 0 saturated heterocycles. The molecule has 4 N–H and O–H groups in total. The minimum atomic E-state index is -6.07. The summed E-state index contributed by atoms with van der Waals surface area (Å²) >= 11 is 0. The van der Waals surface area contributed by atoms with Crippen molar-refractivity contribution < 1.29 is 49.5 Å². The fraction of sp³-hybridized carbons (Fsp3) is 0.300. The maximum absolute atomic E-state index is 13.0. The second-order valence-electron chi connectivity index (χ2n) is 7.77. The lowest BCUT2D eigenvalue weighted by molar-refractivity contribution is -0.376. The number of aliphatic hydroxyl groups is 1. The van der Waals surface area contributed by atoms with Crippen molar-refractivity contribution in [2.24, 2.45) is 5.73 Å². The summed E-state index contributed by atoms with van der Waals surface area (Å²) in [5, 5.41) is 11.7. The highest BCUT2D eigenvalue weighted by Gasteiger charge is 2.71. The lowest BCUT2D eigenvalue weighted by Gasteiger charge is -2.32. The standard InChI is InChI=1S/C20H17F6N3O5S/c1-35(33,34)13-6-7-14-10(8-13)9-29(17(27)31)15(14)16(30)28-12-4-2-11(3-5-12)18(32,19(21,22)23)20(24,25)26/h2-8,15,32H,9H2,1H3,(H2,27,31)(H,28,30). The van der Waals surface area contributed by atoms with Gasteiger partial charge in [0.1, 0.15) is 6.04 Å². The number of amides is 3. The summed E-state index contributed by atoms with van der Waals surface area (Å²) in [5.41, 5.74) is -1.03. The number of urea groups is 1. The topological polar surface area (TPSA) is 130 Å². The highest BCUT2D eigenvalue weighted by atomic mass is 32.2. The Morgan fingerprint density at radius 2 is 1.57 bits per heavy atom. The van der Waals surface area contributed by atoms with Gasteiger partial charge in [0.05, 0.1) is 4.90 Å². The van der Waals surface area contributed by atoms with Crippen LogP contribution in [0.1, 0.15) is 22.7 Å². The highest BCUT2D eigenvalue weighted by Crippen LogP contribution is 2.50. The predicted octanol–water partition coefficient (Wildman–Crippen LogP) is 2.98. The summed E-state index contributed by atoms with van der Waals surface area (Å²) in [6, 6.07) is 3.53. The van der Waals surface area contributed by atoms with E-state index in [1.54, 1.807) is 0 Å². The Labute approximate surface area is 194 Å². The maximum Gasteiger partial charge on any atom is 0.430 e. The van der Waals surface area contributed by atoms with Crippen LogP contribution in [0.5, 0.6) is 0 Å². The summed E-state index contributed by atoms with van der Waals surface area (Å²) < 4.78 is 102. The summed E-state index contributed by atoms with van der Waals surface area (Å²) in [4.78, 5) is 25.6. The van der Waals surface area contributed by atoms with E-state index in [1.165, 1.54) is 18.2 Å². The van der Waals surface area contributed by atoms with Gasteiger partial charge in [-0.15, -0.1) is 0 Å². The van der Waals surface area contributed by atoms with E-state index in [9.17, 15) is 49.5 Å². The molecule has 35 heavy (non-hydrogen) atoms. The average Bonchev–Trinajstić information content (AvgIpc) is 3.10. The number of carbonyl (C=O) groups is 2. The third kappa shape index (κ3) is 4.65. The molecule has 1 atom stereocenters. The van der Waals surface area contributed by atoms with Gasteiger partial charge in [0.15, 0.2) is 9.84 Å². The van der Waals surface area contributed by atoms with E-state index in [4.69, 9.17) is 5.73 Å². The third-order valence-corrected chi connectivity index (χ3v) is 6.52. The minimum Gasteiger partial charge on any atom is -0.369 e. The van der Waals surface area contributed by atoms with Crippen LogP contribution in [-0.2, 0) is 26.8 Å². The van der Waals surface area contributed by atoms with Crippen LogP contribution in [0.4, 0.5) is 36.8 Å². The predicted molar refractivity (Wildman–Crippen MR) is 108 cm³/mol. The molecule has 2 aromatic carbocycles. The fourth-order valence-corrected chi connectivity index (χ4v) is 4.31. The van der Waals surface area contributed by atoms with Crippen LogP contribution in [0.3, 0.4) is 0 Å². The molecule has 0 radical (unpaired) electrons. The third-order valence-electron chi connectivity index (χ3n) is 5.41. The summed E-state index contributed by atoms with van der Waals surface area (Å²) in [6.07, 6.45) is -11.2. The molecule has 0 fully saturated rings. The highest BCUT2D eigenvalue weighted by molar-refractivity contribution is 7.90. The molecular formula is C20H17F6N3O5S. The number of benzene rings is 2. The molecule has 2 aromatic rings. The van der Waals surface area contributed by atoms with Crippen molar-refractivity contribution in [1.82, 2.24) is 4.90 Å². The van der Waals surface area contributed by atoms with E-state index in [0.29, 0.717) is 29.8 Å². The summed E-state index contributed by atoms with van der Waals surface area (Å²) in [7, 11) is -3.60. The van der Waals surface area contributed by atoms with Crippen LogP contribution in [0, 0.1) is 0 Å². The van der Waals surface area contributed by atoms with Gasteiger partial charge in [0.2, 0.25) is 0 Å². The van der Waals surface area contributed by atoms with E-state index in [0.717, 1.165) is 11.2 Å². The zero-order chi connectivity index (χ0) is 26.6. The number of rotatable bonds is 4. The number of fused-ring (bicyclic) bond motifs is 1. The second-order valence-corrected chi connectivity index (χ2v) is 9.79. The van der Waals surface area contributed by atoms with Crippen LogP contribution in [0.25, 0.3) is 0 Å². The largest absolute Gasteiger partial charge is 0.430 e. The van der Waals surface area contributed by atoms with Crippen molar-refractivity contribution in [2.75, 3.05) is 11.6 Å². The van der Waals surface area contributed by atoms with Crippen molar-refractivity contribution >= 4 is 27.5 Å². The number of sulfone groups is 1. The molecule has 0 bridgehead atoms. The number of alkyl halides is 6. The zero-order valence-corrected chi connectivity index (χ0v) is 18.4. The molecule has 1 aliphatic heterocycles. The number of hydrogen-bond acceptors (Lipinski definition) is 5. The number of nitrogens with one attached hydrogen (secondary N) is 1. The molecule has 190 valence electrons. The van der Waals surface area contributed by atoms with E-state index in [1.807, 2.05) is 0 Å². The first kappa shape index (κ1) is 26.3. The SMILES string of the molecule is CS(=O)(=O)c1ccc2c(c1)CN(C(N)=O)C2C(=O)Nc1ccc(C(O)(C(F)(F)F)C(F)(F)F)cc1. The van der Waals surface area contributed by atoms with Gasteiger partial charge in [-0.1, -0.05) is 18.2 Å². The van der Waals surface area contributed by atoms with E-state index in [2.05, 4.69) is 5.32 Å². The van der Waals surface area contributed by atoms with Crippen molar-refractivity contribution in [3.63, 3.8) is 0 Å². The monoisotopic (exact) mass is 525 g/mol. The minimum absolute atomic E-state index is 0.0702. The Hall–Kier alpha value is -3.33. The number of hydrogen-bond donors (Lipinski definition) is 3. The Balaban J connectivity index is 1.92. The molecule has 1 heterocycles. The second kappa shape index (κ2) is 8.41. The van der Waals surface area contributed by atoms with E-state index in [-0.39, 0.29) is 22.7 Å². The van der Waals surface area contributed by atoms with Crippen LogP contribution < -0.4 is 11.1 Å². The molecular weight excluding hydrogens is 508 g/mol. The van der Waals surface area contributed by atoms with Gasteiger partial charge in [0, 0.05) is 24.1 Å². The zero-order valence-electron chi connectivity index (χ0n) is 17.6. The molecule has 0 saturated carbocycles. The first-order chi connectivity index (χ1) is 15.9. The van der Waals surface area contributed by atoms with Crippen molar-refractivity contribution in [2.45, 2.75) is 35.4 Å². The maximum atomic E-state index is 13.0. The lowest BCUT2D eigenvalue weighted by atomic mass is 9.92. The molecule has 0 aromatic heterocycles. The molecule has 0 aliphatic carbocycles. The van der Waals surface area contributed by atoms with Crippen LogP contribution in [0.15, 0.2) is 47.4 Å². The van der Waals surface area contributed by atoms with Crippen molar-refractivity contribution in [3.8, 4) is 0 Å². The first-order valence-corrected chi connectivity index (χ1v) is 11.4.